The molecule has 7 nitrogen and oxygen atoms in total. The average molecular weight is 577 g/mol. The summed E-state index contributed by atoms with van der Waals surface area (Å²) in [5.74, 6) is -1.70. The van der Waals surface area contributed by atoms with E-state index in [1.807, 2.05) is 60.7 Å². The second kappa shape index (κ2) is 15.5. The molecule has 2 aromatic carbocycles. The summed E-state index contributed by atoms with van der Waals surface area (Å²) < 4.78 is 34.8. The van der Waals surface area contributed by atoms with Crippen LogP contribution >= 0.6 is 0 Å². The summed E-state index contributed by atoms with van der Waals surface area (Å²) in [7, 11) is 6.47. The first-order valence-electron chi connectivity index (χ1n) is 14.5. The SMILES string of the molecule is COC1(OC)C=CC(C(OCCC(O)CCOC(c2ccccc2)C2C=CC(OC)(OC)C=C2)c2ccccc2)C=C1. The third-order valence-corrected chi connectivity index (χ3v) is 7.93. The third-order valence-electron chi connectivity index (χ3n) is 7.93. The van der Waals surface area contributed by atoms with Crippen molar-refractivity contribution in [3.63, 3.8) is 0 Å². The number of ether oxygens (including phenoxy) is 6. The lowest BCUT2D eigenvalue weighted by molar-refractivity contribution is -0.135. The Bertz CT molecular complexity index is 1060. The van der Waals surface area contributed by atoms with Gasteiger partial charge in [0.25, 0.3) is 0 Å². The van der Waals surface area contributed by atoms with Gasteiger partial charge in [-0.3, -0.25) is 0 Å². The molecule has 226 valence electrons. The molecule has 2 atom stereocenters. The molecule has 0 aliphatic heterocycles. The molecule has 0 saturated carbocycles. The highest BCUT2D eigenvalue weighted by molar-refractivity contribution is 5.28. The van der Waals surface area contributed by atoms with E-state index >= 15 is 0 Å². The topological polar surface area (TPSA) is 75.6 Å². The first kappa shape index (κ1) is 32.0. The Hall–Kier alpha value is -2.88. The van der Waals surface area contributed by atoms with Crippen LogP contribution in [0.5, 0.6) is 0 Å². The van der Waals surface area contributed by atoms with Crippen molar-refractivity contribution in [3.05, 3.63) is 120 Å². The Kier molecular flexibility index (Phi) is 11.9. The van der Waals surface area contributed by atoms with Gasteiger partial charge in [0.1, 0.15) is 0 Å². The molecule has 7 heteroatoms. The summed E-state index contributed by atoms with van der Waals surface area (Å²) in [4.78, 5) is 0. The number of hydrogen-bond donors (Lipinski definition) is 1. The Labute approximate surface area is 250 Å². The Morgan fingerprint density at radius 3 is 1.21 bits per heavy atom. The summed E-state index contributed by atoms with van der Waals surface area (Å²) in [5.41, 5.74) is 2.14. The Morgan fingerprint density at radius 1 is 0.571 bits per heavy atom. The van der Waals surface area contributed by atoms with E-state index in [0.717, 1.165) is 11.1 Å². The van der Waals surface area contributed by atoms with E-state index in [9.17, 15) is 5.11 Å². The number of methoxy groups -OCH3 is 4. The molecule has 0 radical (unpaired) electrons. The van der Waals surface area contributed by atoms with Crippen molar-refractivity contribution in [1.82, 2.24) is 0 Å². The average Bonchev–Trinajstić information content (AvgIpc) is 3.06. The van der Waals surface area contributed by atoms with Gasteiger partial charge < -0.3 is 33.5 Å². The number of aliphatic hydroxyl groups excluding tert-OH is 1. The maximum atomic E-state index is 10.8. The predicted molar refractivity (Wildman–Crippen MR) is 163 cm³/mol. The van der Waals surface area contributed by atoms with Gasteiger partial charge in [-0.1, -0.05) is 85.0 Å². The summed E-state index contributed by atoms with van der Waals surface area (Å²) in [6, 6.07) is 20.3. The molecule has 0 fully saturated rings. The summed E-state index contributed by atoms with van der Waals surface area (Å²) in [6.07, 6.45) is 15.9. The van der Waals surface area contributed by atoms with Crippen molar-refractivity contribution in [2.45, 2.75) is 42.7 Å². The zero-order valence-electron chi connectivity index (χ0n) is 25.0. The molecule has 2 aromatic rings. The Balaban J connectivity index is 1.32. The van der Waals surface area contributed by atoms with E-state index in [4.69, 9.17) is 28.4 Å². The van der Waals surface area contributed by atoms with Crippen molar-refractivity contribution < 1.29 is 33.5 Å². The lowest BCUT2D eigenvalue weighted by atomic mass is 9.90. The van der Waals surface area contributed by atoms with Crippen LogP contribution in [-0.4, -0.2) is 64.4 Å². The minimum absolute atomic E-state index is 0.00415. The van der Waals surface area contributed by atoms with Crippen LogP contribution in [0, 0.1) is 11.8 Å². The third kappa shape index (κ3) is 8.14. The molecule has 4 rings (SSSR count). The fourth-order valence-electron chi connectivity index (χ4n) is 5.29. The first-order valence-corrected chi connectivity index (χ1v) is 14.5. The molecule has 0 spiro atoms. The van der Waals surface area contributed by atoms with Crippen molar-refractivity contribution >= 4 is 0 Å². The van der Waals surface area contributed by atoms with Gasteiger partial charge in [0.05, 0.1) is 18.3 Å². The van der Waals surface area contributed by atoms with Gasteiger partial charge in [0.2, 0.25) is 11.6 Å². The second-order valence-corrected chi connectivity index (χ2v) is 10.5. The van der Waals surface area contributed by atoms with E-state index in [1.54, 1.807) is 28.4 Å². The van der Waals surface area contributed by atoms with Crippen molar-refractivity contribution in [3.8, 4) is 0 Å². The van der Waals surface area contributed by atoms with E-state index in [2.05, 4.69) is 48.6 Å². The molecule has 1 N–H and O–H groups in total. The first-order chi connectivity index (χ1) is 20.5. The highest BCUT2D eigenvalue weighted by Crippen LogP contribution is 2.35. The normalized spacial score (nSPS) is 20.0. The van der Waals surface area contributed by atoms with Gasteiger partial charge in [-0.2, -0.15) is 0 Å². The number of aliphatic hydroxyl groups is 1. The lowest BCUT2D eigenvalue weighted by Crippen LogP contribution is -2.32. The minimum atomic E-state index is -0.856. The highest BCUT2D eigenvalue weighted by Gasteiger charge is 2.31. The van der Waals surface area contributed by atoms with Crippen LogP contribution in [0.1, 0.15) is 36.2 Å². The van der Waals surface area contributed by atoms with Crippen molar-refractivity contribution in [2.24, 2.45) is 11.8 Å². The van der Waals surface area contributed by atoms with E-state index in [0.29, 0.717) is 26.1 Å². The highest BCUT2D eigenvalue weighted by atomic mass is 16.7. The quantitative estimate of drug-likeness (QED) is 0.191. The van der Waals surface area contributed by atoms with Gasteiger partial charge in [-0.05, 0) is 48.3 Å². The van der Waals surface area contributed by atoms with Gasteiger partial charge in [-0.25, -0.2) is 0 Å². The van der Waals surface area contributed by atoms with E-state index in [-0.39, 0.29) is 24.0 Å². The second-order valence-electron chi connectivity index (χ2n) is 10.5. The van der Waals surface area contributed by atoms with Crippen LogP contribution in [-0.2, 0) is 28.4 Å². The number of rotatable bonds is 16. The molecule has 2 unspecified atom stereocenters. The maximum Gasteiger partial charge on any atom is 0.207 e. The van der Waals surface area contributed by atoms with Gasteiger partial charge >= 0.3 is 0 Å². The van der Waals surface area contributed by atoms with E-state index in [1.165, 1.54) is 0 Å². The van der Waals surface area contributed by atoms with Crippen LogP contribution in [0.3, 0.4) is 0 Å². The molecule has 0 aromatic heterocycles. The van der Waals surface area contributed by atoms with Crippen LogP contribution in [0.15, 0.2) is 109 Å². The molecule has 2 aliphatic carbocycles. The molecule has 0 bridgehead atoms. The molecular weight excluding hydrogens is 532 g/mol. The number of hydrogen-bond acceptors (Lipinski definition) is 7. The summed E-state index contributed by atoms with van der Waals surface area (Å²) in [5, 5.41) is 10.8. The molecular formula is C35H44O7. The van der Waals surface area contributed by atoms with Crippen molar-refractivity contribution in [2.75, 3.05) is 41.7 Å². The Morgan fingerprint density at radius 2 is 0.905 bits per heavy atom. The predicted octanol–water partition coefficient (Wildman–Crippen LogP) is 6.11. The van der Waals surface area contributed by atoms with Crippen molar-refractivity contribution in [1.29, 1.82) is 0 Å². The smallest absolute Gasteiger partial charge is 0.207 e. The molecule has 0 amide bonds. The number of benzene rings is 2. The van der Waals surface area contributed by atoms with Crippen LogP contribution in [0.2, 0.25) is 0 Å². The molecule has 0 heterocycles. The maximum absolute atomic E-state index is 10.8. The van der Waals surface area contributed by atoms with E-state index < -0.39 is 17.7 Å². The fourth-order valence-corrected chi connectivity index (χ4v) is 5.29. The summed E-state index contributed by atoms with van der Waals surface area (Å²) in [6.45, 7) is 0.815. The van der Waals surface area contributed by atoms with Gasteiger partial charge in [0.15, 0.2) is 0 Å². The van der Waals surface area contributed by atoms with Crippen LogP contribution < -0.4 is 0 Å². The zero-order valence-corrected chi connectivity index (χ0v) is 25.0. The molecule has 0 saturated heterocycles. The van der Waals surface area contributed by atoms with Gasteiger partial charge in [0, 0.05) is 53.5 Å². The lowest BCUT2D eigenvalue weighted by Gasteiger charge is -2.31. The fraction of sp³-hybridized carbons (Fsp3) is 0.429. The zero-order chi connectivity index (χ0) is 29.8. The van der Waals surface area contributed by atoms with Gasteiger partial charge in [-0.15, -0.1) is 0 Å². The van der Waals surface area contributed by atoms with Crippen LogP contribution in [0.4, 0.5) is 0 Å². The molecule has 42 heavy (non-hydrogen) atoms. The van der Waals surface area contributed by atoms with Crippen LogP contribution in [0.25, 0.3) is 0 Å². The largest absolute Gasteiger partial charge is 0.393 e. The molecule has 2 aliphatic rings. The summed E-state index contributed by atoms with van der Waals surface area (Å²) >= 11 is 0. The minimum Gasteiger partial charge on any atom is -0.393 e. The monoisotopic (exact) mass is 576 g/mol. The standard InChI is InChI=1S/C35H44O7/c1-37-34(38-2)21-15-29(16-22-34)32(27-11-7-5-8-12-27)41-25-19-31(36)20-26-42-33(28-13-9-6-10-14-28)30-17-23-35(39-3,40-4)24-18-30/h5-18,21-24,29-33,36H,19-20,25-26H2,1-4H3.